The summed E-state index contributed by atoms with van der Waals surface area (Å²) in [6.07, 6.45) is 0.675. The molecule has 1 unspecified atom stereocenters. The Balaban J connectivity index is 2.60. The van der Waals surface area contributed by atoms with Crippen LogP contribution in [0.2, 0.25) is 5.28 Å². The molecule has 0 fully saturated rings. The van der Waals surface area contributed by atoms with Crippen LogP contribution in [0.4, 0.5) is 5.82 Å². The second-order valence-electron chi connectivity index (χ2n) is 2.45. The molecule has 0 bridgehead atoms. The molecule has 4 nitrogen and oxygen atoms in total. The number of halogens is 1. The van der Waals surface area contributed by atoms with Crippen molar-refractivity contribution in [3.05, 3.63) is 11.0 Å². The van der Waals surface area contributed by atoms with E-state index in [1.165, 1.54) is 0 Å². The molecule has 2 N–H and O–H groups in total. The fourth-order valence-electron chi connectivity index (χ4n) is 1.19. The Hall–Kier alpha value is -0.520. The van der Waals surface area contributed by atoms with Crippen molar-refractivity contribution in [1.29, 1.82) is 0 Å². The van der Waals surface area contributed by atoms with Crippen molar-refractivity contribution in [2.75, 3.05) is 11.5 Å². The minimum absolute atomic E-state index is 0.130. The van der Waals surface area contributed by atoms with Crippen LogP contribution in [-0.2, 0) is 17.6 Å². The lowest BCUT2D eigenvalue weighted by Gasteiger charge is -2.04. The minimum atomic E-state index is -1.03. The van der Waals surface area contributed by atoms with E-state index in [2.05, 4.69) is 9.97 Å². The second-order valence-corrected chi connectivity index (χ2v) is 4.30. The molecule has 1 aliphatic heterocycles. The molecule has 1 aromatic rings. The standard InChI is InChI=1S/C6H6ClN3OS/c7-6-9-3-1-2-12(11)4(3)5(8)10-6/h1-2H2,(H2,8,9,10). The van der Waals surface area contributed by atoms with Gasteiger partial charge in [0.15, 0.2) is 5.82 Å². The predicted octanol–water partition coefficient (Wildman–Crippen LogP) is 0.376. The van der Waals surface area contributed by atoms with Crippen LogP contribution < -0.4 is 5.73 Å². The molecule has 12 heavy (non-hydrogen) atoms. The van der Waals surface area contributed by atoms with Gasteiger partial charge in [-0.15, -0.1) is 0 Å². The lowest BCUT2D eigenvalue weighted by molar-refractivity contribution is 0.599. The fraction of sp³-hybridized carbons (Fsp3) is 0.333. The van der Waals surface area contributed by atoms with Gasteiger partial charge in [0.05, 0.1) is 0 Å². The average Bonchev–Trinajstić information content (AvgIpc) is 2.31. The third kappa shape index (κ3) is 1.14. The van der Waals surface area contributed by atoms with Crippen LogP contribution in [0.5, 0.6) is 0 Å². The van der Waals surface area contributed by atoms with E-state index in [1.807, 2.05) is 0 Å². The minimum Gasteiger partial charge on any atom is -0.611 e. The Kier molecular flexibility index (Phi) is 1.86. The summed E-state index contributed by atoms with van der Waals surface area (Å²) >= 11 is 4.55. The molecule has 0 saturated carbocycles. The Bertz CT molecular complexity index is 333. The number of aromatic nitrogens is 2. The Morgan fingerprint density at radius 2 is 2.25 bits per heavy atom. The monoisotopic (exact) mass is 203 g/mol. The Morgan fingerprint density at radius 1 is 1.50 bits per heavy atom. The van der Waals surface area contributed by atoms with Crippen LogP contribution in [0.25, 0.3) is 0 Å². The molecule has 0 aromatic carbocycles. The van der Waals surface area contributed by atoms with E-state index in [0.29, 0.717) is 17.1 Å². The summed E-state index contributed by atoms with van der Waals surface area (Å²) < 4.78 is 11.3. The van der Waals surface area contributed by atoms with Crippen molar-refractivity contribution >= 4 is 28.6 Å². The molecular formula is C6H6ClN3OS. The van der Waals surface area contributed by atoms with Gasteiger partial charge in [-0.3, -0.25) is 0 Å². The third-order valence-corrected chi connectivity index (χ3v) is 3.33. The van der Waals surface area contributed by atoms with E-state index in [9.17, 15) is 4.55 Å². The lowest BCUT2D eigenvalue weighted by Crippen LogP contribution is -2.05. The van der Waals surface area contributed by atoms with E-state index in [1.54, 1.807) is 0 Å². The molecule has 1 atom stereocenters. The SMILES string of the molecule is Nc1nc(Cl)nc2c1[S+]([O-])CC2. The number of hydrogen-bond donors (Lipinski definition) is 1. The summed E-state index contributed by atoms with van der Waals surface area (Å²) in [5.41, 5.74) is 6.26. The number of anilines is 1. The number of nitrogens with two attached hydrogens (primary N) is 1. The number of nitrogens with zero attached hydrogens (tertiary/aromatic N) is 2. The molecule has 0 saturated heterocycles. The highest BCUT2D eigenvalue weighted by atomic mass is 35.5. The topological polar surface area (TPSA) is 74.9 Å². The smallest absolute Gasteiger partial charge is 0.224 e. The predicted molar refractivity (Wildman–Crippen MR) is 46.4 cm³/mol. The maximum atomic E-state index is 11.3. The van der Waals surface area contributed by atoms with Crippen molar-refractivity contribution in [2.45, 2.75) is 11.3 Å². The quantitative estimate of drug-likeness (QED) is 0.489. The lowest BCUT2D eigenvalue weighted by atomic mass is 10.3. The maximum Gasteiger partial charge on any atom is 0.224 e. The zero-order valence-corrected chi connectivity index (χ0v) is 7.65. The highest BCUT2D eigenvalue weighted by Gasteiger charge is 2.30. The molecule has 0 spiro atoms. The van der Waals surface area contributed by atoms with Crippen molar-refractivity contribution in [3.63, 3.8) is 0 Å². The van der Waals surface area contributed by atoms with E-state index in [-0.39, 0.29) is 11.1 Å². The normalized spacial score (nSPS) is 21.0. The van der Waals surface area contributed by atoms with E-state index < -0.39 is 11.2 Å². The molecule has 2 heterocycles. The van der Waals surface area contributed by atoms with Gasteiger partial charge in [-0.1, -0.05) is 0 Å². The number of hydrogen-bond acceptors (Lipinski definition) is 4. The average molecular weight is 204 g/mol. The third-order valence-electron chi connectivity index (χ3n) is 1.69. The summed E-state index contributed by atoms with van der Waals surface area (Å²) in [6.45, 7) is 0. The van der Waals surface area contributed by atoms with Crippen molar-refractivity contribution in [2.24, 2.45) is 0 Å². The van der Waals surface area contributed by atoms with Crippen LogP contribution in [0.1, 0.15) is 5.69 Å². The molecular weight excluding hydrogens is 198 g/mol. The van der Waals surface area contributed by atoms with E-state index in [4.69, 9.17) is 17.3 Å². The first-order chi connectivity index (χ1) is 5.68. The van der Waals surface area contributed by atoms with Gasteiger partial charge in [0.25, 0.3) is 0 Å². The van der Waals surface area contributed by atoms with Crippen LogP contribution in [0.3, 0.4) is 0 Å². The second kappa shape index (κ2) is 2.76. The summed E-state index contributed by atoms with van der Waals surface area (Å²) in [5.74, 6) is 0.829. The van der Waals surface area contributed by atoms with E-state index in [0.717, 1.165) is 5.69 Å². The van der Waals surface area contributed by atoms with Gasteiger partial charge in [-0.05, 0) is 22.8 Å². The van der Waals surface area contributed by atoms with Crippen LogP contribution in [-0.4, -0.2) is 20.3 Å². The van der Waals surface area contributed by atoms with Crippen molar-refractivity contribution in [1.82, 2.24) is 9.97 Å². The first-order valence-electron chi connectivity index (χ1n) is 3.39. The molecule has 0 amide bonds. The summed E-state index contributed by atoms with van der Waals surface area (Å²) in [7, 11) is 0. The van der Waals surface area contributed by atoms with Gasteiger partial charge in [0.2, 0.25) is 10.2 Å². The first kappa shape index (κ1) is 8.10. The molecule has 64 valence electrons. The van der Waals surface area contributed by atoms with Gasteiger partial charge < -0.3 is 10.3 Å². The maximum absolute atomic E-state index is 11.3. The summed E-state index contributed by atoms with van der Waals surface area (Å²) in [4.78, 5) is 8.25. The highest BCUT2D eigenvalue weighted by molar-refractivity contribution is 7.91. The number of aryl methyl sites for hydroxylation is 1. The first-order valence-corrected chi connectivity index (χ1v) is 5.08. The fourth-order valence-corrected chi connectivity index (χ4v) is 2.66. The van der Waals surface area contributed by atoms with Gasteiger partial charge in [-0.25, -0.2) is 4.98 Å². The largest absolute Gasteiger partial charge is 0.611 e. The Morgan fingerprint density at radius 3 is 3.00 bits per heavy atom. The van der Waals surface area contributed by atoms with Crippen LogP contribution in [0.15, 0.2) is 4.90 Å². The number of rotatable bonds is 0. The number of nitrogen functional groups attached to an aromatic ring is 1. The van der Waals surface area contributed by atoms with E-state index >= 15 is 0 Å². The van der Waals surface area contributed by atoms with Gasteiger partial charge in [-0.2, -0.15) is 4.98 Å². The molecule has 6 heteroatoms. The molecule has 0 radical (unpaired) electrons. The van der Waals surface area contributed by atoms with Gasteiger partial charge in [0, 0.05) is 6.42 Å². The molecule has 0 aliphatic carbocycles. The summed E-state index contributed by atoms with van der Waals surface area (Å²) in [6, 6.07) is 0. The zero-order valence-electron chi connectivity index (χ0n) is 6.08. The number of fused-ring (bicyclic) bond motifs is 1. The van der Waals surface area contributed by atoms with Gasteiger partial charge in [0.1, 0.15) is 11.4 Å². The van der Waals surface area contributed by atoms with Gasteiger partial charge >= 0.3 is 0 Å². The van der Waals surface area contributed by atoms with Crippen molar-refractivity contribution < 1.29 is 4.55 Å². The highest BCUT2D eigenvalue weighted by Crippen LogP contribution is 2.29. The van der Waals surface area contributed by atoms with Crippen LogP contribution in [0, 0.1) is 0 Å². The molecule has 1 aliphatic rings. The zero-order chi connectivity index (χ0) is 8.72. The molecule has 1 aromatic heterocycles. The van der Waals surface area contributed by atoms with Crippen molar-refractivity contribution in [3.8, 4) is 0 Å². The Labute approximate surface area is 77.3 Å². The molecule has 2 rings (SSSR count). The van der Waals surface area contributed by atoms with Crippen LogP contribution >= 0.6 is 11.6 Å². The summed E-state index contributed by atoms with van der Waals surface area (Å²) in [5, 5.41) is 0.130.